The lowest BCUT2D eigenvalue weighted by atomic mass is 9.95. The van der Waals surface area contributed by atoms with E-state index in [-0.39, 0.29) is 16.5 Å². The first-order chi connectivity index (χ1) is 20.8. The van der Waals surface area contributed by atoms with E-state index in [1.165, 1.54) is 28.8 Å². The predicted molar refractivity (Wildman–Crippen MR) is 168 cm³/mol. The number of thioether (sulfide) groups is 1. The molecule has 1 atom stereocenters. The number of aliphatic hydroxyl groups is 1. The van der Waals surface area contributed by atoms with E-state index in [0.717, 1.165) is 23.3 Å². The summed E-state index contributed by atoms with van der Waals surface area (Å²) in [5, 5.41) is 19.7. The van der Waals surface area contributed by atoms with Gasteiger partial charge >= 0.3 is 0 Å². The van der Waals surface area contributed by atoms with Crippen LogP contribution >= 0.6 is 23.1 Å². The van der Waals surface area contributed by atoms with Gasteiger partial charge in [-0.15, -0.1) is 10.2 Å². The normalized spacial score (nSPS) is 15.2. The standard InChI is InChI=1S/C33H30FN3O4S2/c1-21(2)17-18-41-25-13-8-12-23(19-25)29-28(27(38)16-15-22-9-4-3-5-10-22)30(39)31(40)37(29)32-35-36-33(43-32)42-20-24-11-6-7-14-26(24)34/h3-16,19,21,29,39H,17-18,20H2,1-2H3. The number of aliphatic hydroxyl groups excluding tert-OH is 1. The molecule has 5 rings (SSSR count). The fourth-order valence-electron chi connectivity index (χ4n) is 4.50. The molecule has 0 aliphatic carbocycles. The Labute approximate surface area is 257 Å². The molecule has 1 unspecified atom stereocenters. The summed E-state index contributed by atoms with van der Waals surface area (Å²) < 4.78 is 20.6. The minimum absolute atomic E-state index is 0.0627. The second-order valence-corrected chi connectivity index (χ2v) is 12.5. The van der Waals surface area contributed by atoms with Crippen molar-refractivity contribution >= 4 is 46.0 Å². The summed E-state index contributed by atoms with van der Waals surface area (Å²) in [4.78, 5) is 28.4. The molecule has 3 aromatic carbocycles. The number of rotatable bonds is 12. The van der Waals surface area contributed by atoms with Crippen molar-refractivity contribution in [2.24, 2.45) is 5.92 Å². The predicted octanol–water partition coefficient (Wildman–Crippen LogP) is 7.58. The lowest BCUT2D eigenvalue weighted by Crippen LogP contribution is -2.30. The van der Waals surface area contributed by atoms with Crippen LogP contribution in [-0.2, 0) is 15.3 Å². The zero-order valence-electron chi connectivity index (χ0n) is 23.6. The van der Waals surface area contributed by atoms with Crippen molar-refractivity contribution in [2.75, 3.05) is 11.5 Å². The molecule has 2 heterocycles. The van der Waals surface area contributed by atoms with E-state index >= 15 is 0 Å². The van der Waals surface area contributed by atoms with Crippen molar-refractivity contribution in [1.82, 2.24) is 10.2 Å². The van der Waals surface area contributed by atoms with Gasteiger partial charge in [0.25, 0.3) is 5.91 Å². The maximum absolute atomic E-state index is 14.1. The van der Waals surface area contributed by atoms with E-state index in [9.17, 15) is 19.1 Å². The molecule has 0 saturated carbocycles. The lowest BCUT2D eigenvalue weighted by Gasteiger charge is -2.24. The van der Waals surface area contributed by atoms with Crippen LogP contribution < -0.4 is 9.64 Å². The molecule has 0 fully saturated rings. The molecular weight excluding hydrogens is 586 g/mol. The summed E-state index contributed by atoms with van der Waals surface area (Å²) in [6.07, 6.45) is 3.86. The number of carbonyl (C=O) groups is 2. The van der Waals surface area contributed by atoms with Crippen LogP contribution in [-0.4, -0.2) is 33.6 Å². The molecule has 4 aromatic rings. The van der Waals surface area contributed by atoms with Crippen molar-refractivity contribution in [3.8, 4) is 5.75 Å². The van der Waals surface area contributed by atoms with E-state index in [1.807, 2.05) is 36.4 Å². The number of hydrogen-bond donors (Lipinski definition) is 1. The SMILES string of the molecule is CC(C)CCOc1cccc(C2C(C(=O)C=Cc3ccccc3)=C(O)C(=O)N2c2nnc(SCc3ccccc3F)s2)c1. The van der Waals surface area contributed by atoms with Gasteiger partial charge in [0.15, 0.2) is 15.9 Å². The largest absolute Gasteiger partial charge is 0.503 e. The number of ketones is 1. The highest BCUT2D eigenvalue weighted by atomic mass is 32.2. The molecule has 0 bridgehead atoms. The van der Waals surface area contributed by atoms with E-state index in [0.29, 0.717) is 39.5 Å². The third kappa shape index (κ3) is 7.21. The Morgan fingerprint density at radius 2 is 1.86 bits per heavy atom. The third-order valence-electron chi connectivity index (χ3n) is 6.75. The van der Waals surface area contributed by atoms with Gasteiger partial charge in [0, 0.05) is 5.75 Å². The van der Waals surface area contributed by atoms with E-state index in [4.69, 9.17) is 4.74 Å². The number of amides is 1. The van der Waals surface area contributed by atoms with Crippen LogP contribution in [0.2, 0.25) is 0 Å². The molecule has 1 aromatic heterocycles. The molecule has 10 heteroatoms. The average Bonchev–Trinajstić information content (AvgIpc) is 3.58. The Kier molecular flexibility index (Phi) is 9.68. The van der Waals surface area contributed by atoms with E-state index < -0.39 is 23.5 Å². The summed E-state index contributed by atoms with van der Waals surface area (Å²) >= 11 is 2.42. The van der Waals surface area contributed by atoms with Crippen molar-refractivity contribution in [2.45, 2.75) is 36.4 Å². The second-order valence-electron chi connectivity index (χ2n) is 10.3. The number of aromatic nitrogens is 2. The van der Waals surface area contributed by atoms with Gasteiger partial charge in [-0.1, -0.05) is 104 Å². The molecule has 0 spiro atoms. The number of benzene rings is 3. The van der Waals surface area contributed by atoms with Crippen LogP contribution in [0.4, 0.5) is 9.52 Å². The van der Waals surface area contributed by atoms with Gasteiger partial charge in [-0.05, 0) is 53.3 Å². The maximum atomic E-state index is 14.1. The highest BCUT2D eigenvalue weighted by Crippen LogP contribution is 2.44. The lowest BCUT2D eigenvalue weighted by molar-refractivity contribution is -0.117. The van der Waals surface area contributed by atoms with Crippen molar-refractivity contribution < 1.29 is 23.8 Å². The van der Waals surface area contributed by atoms with Crippen LogP contribution in [0.1, 0.15) is 43.0 Å². The number of halogens is 1. The topological polar surface area (TPSA) is 92.6 Å². The van der Waals surface area contributed by atoms with Crippen LogP contribution in [0.25, 0.3) is 6.08 Å². The molecule has 0 radical (unpaired) electrons. The van der Waals surface area contributed by atoms with Crippen molar-refractivity contribution in [3.63, 3.8) is 0 Å². The molecule has 1 aliphatic rings. The highest BCUT2D eigenvalue weighted by Gasteiger charge is 2.45. The third-order valence-corrected chi connectivity index (χ3v) is 8.85. The molecule has 1 aliphatic heterocycles. The fourth-order valence-corrected chi connectivity index (χ4v) is 6.35. The van der Waals surface area contributed by atoms with Gasteiger partial charge < -0.3 is 9.84 Å². The van der Waals surface area contributed by atoms with Gasteiger partial charge in [0.2, 0.25) is 5.13 Å². The molecule has 0 saturated heterocycles. The molecule has 220 valence electrons. The summed E-state index contributed by atoms with van der Waals surface area (Å²) in [5.74, 6) is -0.843. The molecule has 7 nitrogen and oxygen atoms in total. The number of anilines is 1. The summed E-state index contributed by atoms with van der Waals surface area (Å²) in [6, 6.07) is 21.9. The van der Waals surface area contributed by atoms with Gasteiger partial charge in [0.05, 0.1) is 18.2 Å². The van der Waals surface area contributed by atoms with E-state index in [1.54, 1.807) is 42.5 Å². The maximum Gasteiger partial charge on any atom is 0.296 e. The zero-order chi connectivity index (χ0) is 30.3. The molecule has 1 amide bonds. The summed E-state index contributed by atoms with van der Waals surface area (Å²) in [6.45, 7) is 4.74. The second kappa shape index (κ2) is 13.8. The summed E-state index contributed by atoms with van der Waals surface area (Å²) in [5.41, 5.74) is 1.83. The highest BCUT2D eigenvalue weighted by molar-refractivity contribution is 8.00. The average molecular weight is 616 g/mol. The molecule has 1 N–H and O–H groups in total. The zero-order valence-corrected chi connectivity index (χ0v) is 25.3. The monoisotopic (exact) mass is 615 g/mol. The Morgan fingerprint density at radius 3 is 2.63 bits per heavy atom. The van der Waals surface area contributed by atoms with E-state index in [2.05, 4.69) is 24.0 Å². The van der Waals surface area contributed by atoms with Crippen LogP contribution in [0, 0.1) is 11.7 Å². The first-order valence-corrected chi connectivity index (χ1v) is 15.6. The fraction of sp³-hybridized carbons (Fsp3) is 0.212. The summed E-state index contributed by atoms with van der Waals surface area (Å²) in [7, 11) is 0. The minimum Gasteiger partial charge on any atom is -0.503 e. The first-order valence-electron chi connectivity index (χ1n) is 13.8. The quantitative estimate of drug-likeness (QED) is 0.0998. The van der Waals surface area contributed by atoms with Crippen LogP contribution in [0.5, 0.6) is 5.75 Å². The Bertz CT molecular complexity index is 1670. The minimum atomic E-state index is -0.966. The smallest absolute Gasteiger partial charge is 0.296 e. The Balaban J connectivity index is 1.47. The van der Waals surface area contributed by atoms with Crippen molar-refractivity contribution in [1.29, 1.82) is 0 Å². The Hall–Kier alpha value is -4.28. The van der Waals surface area contributed by atoms with Gasteiger partial charge in [-0.2, -0.15) is 0 Å². The number of hydrogen-bond acceptors (Lipinski definition) is 8. The van der Waals surface area contributed by atoms with Crippen LogP contribution in [0.15, 0.2) is 101 Å². The Morgan fingerprint density at radius 1 is 1.09 bits per heavy atom. The number of carbonyl (C=O) groups excluding carboxylic acids is 2. The van der Waals surface area contributed by atoms with Gasteiger partial charge in [-0.3, -0.25) is 14.5 Å². The molecular formula is C33H30FN3O4S2. The number of ether oxygens (including phenoxy) is 1. The van der Waals surface area contributed by atoms with Gasteiger partial charge in [0.1, 0.15) is 11.6 Å². The van der Waals surface area contributed by atoms with Crippen molar-refractivity contribution in [3.05, 3.63) is 119 Å². The molecule has 43 heavy (non-hydrogen) atoms. The number of allylic oxidation sites excluding steroid dienone is 1. The number of nitrogens with zero attached hydrogens (tertiary/aromatic N) is 3. The van der Waals surface area contributed by atoms with Crippen LogP contribution in [0.3, 0.4) is 0 Å². The van der Waals surface area contributed by atoms with Gasteiger partial charge in [-0.25, -0.2) is 4.39 Å². The first kappa shape index (κ1) is 30.2.